The fourth-order valence-corrected chi connectivity index (χ4v) is 4.18. The lowest BCUT2D eigenvalue weighted by molar-refractivity contribution is 0.0758. The molecule has 4 aromatic rings. The SMILES string of the molecule is COc1ccc(N2CCCN(C(=O)c3cc(-c4ccco4)nn3-c3ccccc3)CC2)cc1. The first kappa shape index (κ1) is 20.9. The molecule has 1 amide bonds. The van der Waals surface area contributed by atoms with E-state index in [9.17, 15) is 4.79 Å². The van der Waals surface area contributed by atoms with Gasteiger partial charge in [-0.25, -0.2) is 4.68 Å². The summed E-state index contributed by atoms with van der Waals surface area (Å²) in [4.78, 5) is 17.9. The number of para-hydroxylation sites is 1. The van der Waals surface area contributed by atoms with E-state index in [4.69, 9.17) is 14.3 Å². The van der Waals surface area contributed by atoms with Gasteiger partial charge in [0.15, 0.2) is 5.76 Å². The molecule has 3 heterocycles. The van der Waals surface area contributed by atoms with Crippen LogP contribution in [0.2, 0.25) is 0 Å². The molecule has 2 aromatic heterocycles. The Bertz CT molecular complexity index is 1200. The fraction of sp³-hybridized carbons (Fsp3) is 0.231. The van der Waals surface area contributed by atoms with E-state index in [1.165, 1.54) is 0 Å². The van der Waals surface area contributed by atoms with Crippen molar-refractivity contribution in [3.63, 3.8) is 0 Å². The molecule has 1 aliphatic rings. The lowest BCUT2D eigenvalue weighted by atomic mass is 10.2. The summed E-state index contributed by atoms with van der Waals surface area (Å²) in [6.45, 7) is 3.00. The maximum absolute atomic E-state index is 13.7. The zero-order valence-corrected chi connectivity index (χ0v) is 18.6. The number of aromatic nitrogens is 2. The number of ether oxygens (including phenoxy) is 1. The van der Waals surface area contributed by atoms with Gasteiger partial charge >= 0.3 is 0 Å². The smallest absolute Gasteiger partial charge is 0.272 e. The van der Waals surface area contributed by atoms with Crippen molar-refractivity contribution in [2.75, 3.05) is 38.2 Å². The van der Waals surface area contributed by atoms with E-state index in [0.29, 0.717) is 30.2 Å². The number of methoxy groups -OCH3 is 1. The van der Waals surface area contributed by atoms with Crippen LogP contribution in [0.5, 0.6) is 5.75 Å². The monoisotopic (exact) mass is 442 g/mol. The lowest BCUT2D eigenvalue weighted by Crippen LogP contribution is -2.36. The first-order chi connectivity index (χ1) is 16.2. The van der Waals surface area contributed by atoms with Gasteiger partial charge in [0.2, 0.25) is 0 Å². The van der Waals surface area contributed by atoms with E-state index in [-0.39, 0.29) is 5.91 Å². The normalized spacial score (nSPS) is 14.2. The molecule has 0 atom stereocenters. The minimum Gasteiger partial charge on any atom is -0.497 e. The van der Waals surface area contributed by atoms with Crippen LogP contribution in [0.15, 0.2) is 83.5 Å². The van der Waals surface area contributed by atoms with Gasteiger partial charge < -0.3 is 19.0 Å². The van der Waals surface area contributed by atoms with Crippen molar-refractivity contribution in [1.82, 2.24) is 14.7 Å². The van der Waals surface area contributed by atoms with Gasteiger partial charge in [-0.1, -0.05) is 18.2 Å². The van der Waals surface area contributed by atoms with Crippen LogP contribution in [0.4, 0.5) is 5.69 Å². The molecule has 0 N–H and O–H groups in total. The molecule has 7 heteroatoms. The van der Waals surface area contributed by atoms with E-state index in [1.54, 1.807) is 18.1 Å². The number of carbonyl (C=O) groups is 1. The Morgan fingerprint density at radius 2 is 1.73 bits per heavy atom. The number of amides is 1. The second-order valence-corrected chi connectivity index (χ2v) is 7.97. The van der Waals surface area contributed by atoms with Crippen LogP contribution in [0.3, 0.4) is 0 Å². The summed E-state index contributed by atoms with van der Waals surface area (Å²) in [6, 6.07) is 23.3. The number of nitrogens with zero attached hydrogens (tertiary/aromatic N) is 4. The zero-order valence-electron chi connectivity index (χ0n) is 18.6. The Hall–Kier alpha value is -4.00. The van der Waals surface area contributed by atoms with Crippen molar-refractivity contribution in [1.29, 1.82) is 0 Å². The molecule has 0 radical (unpaired) electrons. The molecule has 2 aromatic carbocycles. The Kier molecular flexibility index (Phi) is 5.85. The minimum absolute atomic E-state index is 0.0271. The molecule has 33 heavy (non-hydrogen) atoms. The minimum atomic E-state index is -0.0271. The predicted molar refractivity (Wildman–Crippen MR) is 127 cm³/mol. The largest absolute Gasteiger partial charge is 0.497 e. The third-order valence-corrected chi connectivity index (χ3v) is 5.92. The van der Waals surface area contributed by atoms with Gasteiger partial charge in [0.25, 0.3) is 5.91 Å². The Morgan fingerprint density at radius 3 is 2.45 bits per heavy atom. The summed E-state index contributed by atoms with van der Waals surface area (Å²) in [5, 5.41) is 4.69. The van der Waals surface area contributed by atoms with Gasteiger partial charge in [-0.05, 0) is 55.0 Å². The fourth-order valence-electron chi connectivity index (χ4n) is 4.18. The van der Waals surface area contributed by atoms with E-state index in [2.05, 4.69) is 17.0 Å². The molecule has 0 spiro atoms. The highest BCUT2D eigenvalue weighted by molar-refractivity contribution is 5.94. The Balaban J connectivity index is 1.39. The van der Waals surface area contributed by atoms with Crippen molar-refractivity contribution in [3.8, 4) is 22.9 Å². The number of hydrogen-bond acceptors (Lipinski definition) is 5. The van der Waals surface area contributed by atoms with Gasteiger partial charge in [-0.2, -0.15) is 5.10 Å². The average molecular weight is 443 g/mol. The predicted octanol–water partition coefficient (Wildman–Crippen LogP) is 4.49. The molecule has 5 rings (SSSR count). The maximum Gasteiger partial charge on any atom is 0.272 e. The van der Waals surface area contributed by atoms with Crippen LogP contribution in [-0.4, -0.2) is 53.9 Å². The number of anilines is 1. The highest BCUT2D eigenvalue weighted by Gasteiger charge is 2.25. The number of furan rings is 1. The van der Waals surface area contributed by atoms with Crippen LogP contribution in [0.1, 0.15) is 16.9 Å². The molecule has 0 saturated carbocycles. The van der Waals surface area contributed by atoms with Crippen LogP contribution >= 0.6 is 0 Å². The second kappa shape index (κ2) is 9.24. The third-order valence-electron chi connectivity index (χ3n) is 5.92. The van der Waals surface area contributed by atoms with Crippen LogP contribution in [-0.2, 0) is 0 Å². The zero-order chi connectivity index (χ0) is 22.6. The van der Waals surface area contributed by atoms with Crippen molar-refractivity contribution in [2.45, 2.75) is 6.42 Å². The average Bonchev–Trinajstić information content (AvgIpc) is 3.49. The molecule has 0 bridgehead atoms. The summed E-state index contributed by atoms with van der Waals surface area (Å²) in [5.74, 6) is 1.45. The molecule has 0 aliphatic carbocycles. The summed E-state index contributed by atoms with van der Waals surface area (Å²) in [5.41, 5.74) is 3.15. The molecule has 7 nitrogen and oxygen atoms in total. The number of benzene rings is 2. The van der Waals surface area contributed by atoms with Crippen LogP contribution in [0, 0.1) is 0 Å². The summed E-state index contributed by atoms with van der Waals surface area (Å²) in [6.07, 6.45) is 2.50. The molecule has 0 unspecified atom stereocenters. The highest BCUT2D eigenvalue weighted by Crippen LogP contribution is 2.25. The van der Waals surface area contributed by atoms with Crippen molar-refractivity contribution < 1.29 is 13.9 Å². The summed E-state index contributed by atoms with van der Waals surface area (Å²) < 4.78 is 12.5. The van der Waals surface area contributed by atoms with Crippen LogP contribution in [0.25, 0.3) is 17.1 Å². The number of rotatable bonds is 5. The van der Waals surface area contributed by atoms with Gasteiger partial charge in [0.1, 0.15) is 17.1 Å². The first-order valence-corrected chi connectivity index (χ1v) is 11.1. The van der Waals surface area contributed by atoms with Crippen molar-refractivity contribution in [3.05, 3.63) is 84.8 Å². The van der Waals surface area contributed by atoms with Crippen LogP contribution < -0.4 is 9.64 Å². The van der Waals surface area contributed by atoms with Gasteiger partial charge in [-0.3, -0.25) is 4.79 Å². The first-order valence-electron chi connectivity index (χ1n) is 11.1. The Morgan fingerprint density at radius 1 is 0.909 bits per heavy atom. The van der Waals surface area contributed by atoms with E-state index < -0.39 is 0 Å². The topological polar surface area (TPSA) is 63.7 Å². The lowest BCUT2D eigenvalue weighted by Gasteiger charge is -2.24. The number of hydrogen-bond donors (Lipinski definition) is 0. The molecular formula is C26H26N4O3. The van der Waals surface area contributed by atoms with Gasteiger partial charge in [-0.15, -0.1) is 0 Å². The van der Waals surface area contributed by atoms with Gasteiger partial charge in [0.05, 0.1) is 19.1 Å². The maximum atomic E-state index is 13.7. The summed E-state index contributed by atoms with van der Waals surface area (Å²) in [7, 11) is 1.67. The third kappa shape index (κ3) is 4.35. The molecule has 1 aliphatic heterocycles. The standard InChI is InChI=1S/C26H26N4O3/c1-32-22-12-10-20(11-13-22)28-14-6-15-29(17-16-28)26(31)24-19-23(25-9-5-18-33-25)27-30(24)21-7-3-2-4-8-21/h2-5,7-13,18-19H,6,14-17H2,1H3. The second-order valence-electron chi connectivity index (χ2n) is 7.97. The quantitative estimate of drug-likeness (QED) is 0.456. The Labute approximate surface area is 192 Å². The van der Waals surface area contributed by atoms with Crippen molar-refractivity contribution >= 4 is 11.6 Å². The molecular weight excluding hydrogens is 416 g/mol. The van der Waals surface area contributed by atoms with Gasteiger partial charge in [0, 0.05) is 37.9 Å². The molecule has 1 fully saturated rings. The number of carbonyl (C=O) groups excluding carboxylic acids is 1. The van der Waals surface area contributed by atoms with E-state index in [1.807, 2.05) is 65.6 Å². The molecule has 168 valence electrons. The van der Waals surface area contributed by atoms with Crippen molar-refractivity contribution in [2.24, 2.45) is 0 Å². The van der Waals surface area contributed by atoms with E-state index >= 15 is 0 Å². The highest BCUT2D eigenvalue weighted by atomic mass is 16.5. The molecule has 1 saturated heterocycles. The van der Waals surface area contributed by atoms with E-state index in [0.717, 1.165) is 36.6 Å². The summed E-state index contributed by atoms with van der Waals surface area (Å²) >= 11 is 0.